The highest BCUT2D eigenvalue weighted by molar-refractivity contribution is 5.94. The van der Waals surface area contributed by atoms with Crippen LogP contribution in [0.2, 0.25) is 0 Å². The van der Waals surface area contributed by atoms with Crippen LogP contribution in [0.4, 0.5) is 8.78 Å². The molecule has 0 radical (unpaired) electrons. The molecule has 1 saturated heterocycles. The van der Waals surface area contributed by atoms with Crippen molar-refractivity contribution in [1.82, 2.24) is 19.4 Å². The second-order valence-electron chi connectivity index (χ2n) is 9.74. The Labute approximate surface area is 211 Å². The highest BCUT2D eigenvalue weighted by atomic mass is 19.1. The number of aromatic amines is 1. The number of hydrogen-bond acceptors (Lipinski definition) is 4. The van der Waals surface area contributed by atoms with E-state index in [-0.39, 0.29) is 46.3 Å². The van der Waals surface area contributed by atoms with Gasteiger partial charge in [-0.1, -0.05) is 25.3 Å². The molecule has 0 unspecified atom stereocenters. The lowest BCUT2D eigenvalue weighted by atomic mass is 9.88. The largest absolute Gasteiger partial charge is 0.339 e. The lowest BCUT2D eigenvalue weighted by Crippen LogP contribution is -2.52. The summed E-state index contributed by atoms with van der Waals surface area (Å²) >= 11 is 0. The number of rotatable bonds is 4. The van der Waals surface area contributed by atoms with E-state index in [1.807, 2.05) is 4.90 Å². The van der Waals surface area contributed by atoms with Crippen molar-refractivity contribution in [3.63, 3.8) is 0 Å². The summed E-state index contributed by atoms with van der Waals surface area (Å²) in [7, 11) is 0. The van der Waals surface area contributed by atoms with Crippen LogP contribution >= 0.6 is 0 Å². The Morgan fingerprint density at radius 3 is 2.32 bits per heavy atom. The summed E-state index contributed by atoms with van der Waals surface area (Å²) in [5.74, 6) is -1.47. The van der Waals surface area contributed by atoms with E-state index in [2.05, 4.69) is 4.98 Å². The van der Waals surface area contributed by atoms with Crippen LogP contribution in [0.1, 0.15) is 48.0 Å². The van der Waals surface area contributed by atoms with Crippen LogP contribution in [-0.2, 0) is 11.3 Å². The number of hydrogen-bond donors (Lipinski definition) is 1. The SMILES string of the molecule is O=C(c1ccc(F)c(Cn2c(=O)[nH]c(=O)c3c(F)cccc32)c1)N1CCN(C(=O)C2CCCCC2)CC1. The van der Waals surface area contributed by atoms with E-state index in [1.54, 1.807) is 4.90 Å². The third kappa shape index (κ3) is 4.92. The number of amides is 2. The Hall–Kier alpha value is -3.82. The van der Waals surface area contributed by atoms with Crippen LogP contribution < -0.4 is 11.2 Å². The molecule has 1 saturated carbocycles. The number of fused-ring (bicyclic) bond motifs is 1. The van der Waals surface area contributed by atoms with Gasteiger partial charge < -0.3 is 9.80 Å². The number of carbonyl (C=O) groups excluding carboxylic acids is 2. The van der Waals surface area contributed by atoms with Crippen molar-refractivity contribution in [3.05, 3.63) is 80.0 Å². The van der Waals surface area contributed by atoms with Crippen molar-refractivity contribution in [3.8, 4) is 0 Å². The van der Waals surface area contributed by atoms with Gasteiger partial charge in [-0.2, -0.15) is 0 Å². The minimum Gasteiger partial charge on any atom is -0.339 e. The lowest BCUT2D eigenvalue weighted by molar-refractivity contribution is -0.138. The summed E-state index contributed by atoms with van der Waals surface area (Å²) in [6.07, 6.45) is 5.19. The Morgan fingerprint density at radius 1 is 0.892 bits per heavy atom. The average molecular weight is 511 g/mol. The van der Waals surface area contributed by atoms with E-state index >= 15 is 0 Å². The first-order valence-electron chi connectivity index (χ1n) is 12.6. The number of nitrogens with zero attached hydrogens (tertiary/aromatic N) is 3. The van der Waals surface area contributed by atoms with Gasteiger partial charge in [0.1, 0.15) is 11.6 Å². The fourth-order valence-corrected chi connectivity index (χ4v) is 5.38. The number of halogens is 2. The summed E-state index contributed by atoms with van der Waals surface area (Å²) in [5, 5.41) is -0.296. The Kier molecular flexibility index (Phi) is 6.90. The molecule has 10 heteroatoms. The highest BCUT2D eigenvalue weighted by Gasteiger charge is 2.30. The zero-order valence-corrected chi connectivity index (χ0v) is 20.3. The van der Waals surface area contributed by atoms with E-state index in [9.17, 15) is 28.0 Å². The number of H-pyrrole nitrogens is 1. The van der Waals surface area contributed by atoms with Crippen molar-refractivity contribution in [2.75, 3.05) is 26.2 Å². The highest BCUT2D eigenvalue weighted by Crippen LogP contribution is 2.26. The van der Waals surface area contributed by atoms with E-state index < -0.39 is 22.9 Å². The van der Waals surface area contributed by atoms with Gasteiger partial charge in [-0.15, -0.1) is 0 Å². The summed E-state index contributed by atoms with van der Waals surface area (Å²) < 4.78 is 30.1. The van der Waals surface area contributed by atoms with E-state index in [1.165, 1.54) is 30.7 Å². The van der Waals surface area contributed by atoms with Gasteiger partial charge in [-0.3, -0.25) is 23.9 Å². The molecule has 1 N–H and O–H groups in total. The van der Waals surface area contributed by atoms with Gasteiger partial charge in [0.05, 0.1) is 17.4 Å². The minimum absolute atomic E-state index is 0.0311. The summed E-state index contributed by atoms with van der Waals surface area (Å²) in [6.45, 7) is 1.38. The summed E-state index contributed by atoms with van der Waals surface area (Å²) in [4.78, 5) is 56.2. The molecule has 194 valence electrons. The molecule has 8 nitrogen and oxygen atoms in total. The van der Waals surface area contributed by atoms with Crippen LogP contribution in [0.5, 0.6) is 0 Å². The number of nitrogens with one attached hydrogen (secondary N) is 1. The number of carbonyl (C=O) groups is 2. The lowest BCUT2D eigenvalue weighted by Gasteiger charge is -2.37. The van der Waals surface area contributed by atoms with Crippen LogP contribution in [0.3, 0.4) is 0 Å². The Morgan fingerprint density at radius 2 is 1.59 bits per heavy atom. The molecule has 1 aromatic heterocycles. The van der Waals surface area contributed by atoms with Gasteiger partial charge in [0.15, 0.2) is 0 Å². The molecule has 2 aliphatic rings. The number of aromatic nitrogens is 2. The van der Waals surface area contributed by atoms with Crippen LogP contribution in [0, 0.1) is 17.6 Å². The first-order chi connectivity index (χ1) is 17.8. The molecule has 2 aromatic carbocycles. The van der Waals surface area contributed by atoms with Crippen molar-refractivity contribution in [2.45, 2.75) is 38.6 Å². The Balaban J connectivity index is 1.33. The molecule has 1 aliphatic heterocycles. The fraction of sp³-hybridized carbons (Fsp3) is 0.407. The van der Waals surface area contributed by atoms with Gasteiger partial charge in [0.25, 0.3) is 11.5 Å². The zero-order valence-electron chi connectivity index (χ0n) is 20.3. The predicted octanol–water partition coefficient (Wildman–Crippen LogP) is 2.88. The molecule has 0 spiro atoms. The van der Waals surface area contributed by atoms with Gasteiger partial charge in [-0.25, -0.2) is 13.6 Å². The van der Waals surface area contributed by atoms with E-state index in [0.29, 0.717) is 26.2 Å². The molecule has 2 fully saturated rings. The standard InChI is InChI=1S/C27H28F2N4O4/c28-20-10-9-18(26(36)32-13-11-31(12-14-32)25(35)17-5-2-1-3-6-17)15-19(20)16-33-22-8-4-7-21(29)23(22)24(34)30-27(33)37/h4,7-10,15,17H,1-3,5-6,11-14,16H2,(H,30,34,37). The predicted molar refractivity (Wildman–Crippen MR) is 133 cm³/mol. The molecular formula is C27H28F2N4O4. The number of benzene rings is 2. The molecule has 2 heterocycles. The first-order valence-corrected chi connectivity index (χ1v) is 12.6. The van der Waals surface area contributed by atoms with Gasteiger partial charge in [-0.05, 0) is 43.2 Å². The summed E-state index contributed by atoms with van der Waals surface area (Å²) in [5.41, 5.74) is -1.34. The zero-order chi connectivity index (χ0) is 26.1. The Bertz CT molecular complexity index is 1470. The van der Waals surface area contributed by atoms with Gasteiger partial charge in [0, 0.05) is 43.2 Å². The fourth-order valence-electron chi connectivity index (χ4n) is 5.38. The molecule has 2 amide bonds. The van der Waals surface area contributed by atoms with Crippen molar-refractivity contribution >= 4 is 22.7 Å². The van der Waals surface area contributed by atoms with Crippen molar-refractivity contribution < 1.29 is 18.4 Å². The van der Waals surface area contributed by atoms with Crippen molar-refractivity contribution in [2.24, 2.45) is 5.92 Å². The van der Waals surface area contributed by atoms with Gasteiger partial charge in [0.2, 0.25) is 5.91 Å². The maximum Gasteiger partial charge on any atom is 0.329 e. The average Bonchev–Trinajstić information content (AvgIpc) is 2.91. The van der Waals surface area contributed by atoms with Crippen molar-refractivity contribution in [1.29, 1.82) is 0 Å². The minimum atomic E-state index is -0.861. The third-order valence-electron chi connectivity index (χ3n) is 7.43. The van der Waals surface area contributed by atoms with Crippen LogP contribution in [0.15, 0.2) is 46.0 Å². The molecule has 0 atom stereocenters. The monoisotopic (exact) mass is 510 g/mol. The molecular weight excluding hydrogens is 482 g/mol. The van der Waals surface area contributed by atoms with E-state index in [4.69, 9.17) is 0 Å². The normalized spacial score (nSPS) is 16.8. The molecule has 37 heavy (non-hydrogen) atoms. The smallest absolute Gasteiger partial charge is 0.329 e. The van der Waals surface area contributed by atoms with Gasteiger partial charge >= 0.3 is 5.69 Å². The van der Waals surface area contributed by atoms with E-state index in [0.717, 1.165) is 42.4 Å². The molecule has 5 rings (SSSR count). The number of piperazine rings is 1. The topological polar surface area (TPSA) is 95.5 Å². The quantitative estimate of drug-likeness (QED) is 0.584. The second-order valence-corrected chi connectivity index (χ2v) is 9.74. The maximum absolute atomic E-state index is 14.7. The third-order valence-corrected chi connectivity index (χ3v) is 7.43. The van der Waals surface area contributed by atoms with Crippen LogP contribution in [0.25, 0.3) is 10.9 Å². The molecule has 3 aromatic rings. The summed E-state index contributed by atoms with van der Waals surface area (Å²) in [6, 6.07) is 7.80. The molecule has 0 bridgehead atoms. The maximum atomic E-state index is 14.7. The molecule has 1 aliphatic carbocycles. The first kappa shape index (κ1) is 24.9. The van der Waals surface area contributed by atoms with Crippen LogP contribution in [-0.4, -0.2) is 57.3 Å². The second kappa shape index (κ2) is 10.3.